The number of rotatable bonds is 7. The fourth-order valence-electron chi connectivity index (χ4n) is 3.66. The van der Waals surface area contributed by atoms with E-state index in [4.69, 9.17) is 13.9 Å². The maximum atomic E-state index is 13.2. The molecule has 0 bridgehead atoms. The van der Waals surface area contributed by atoms with Crippen molar-refractivity contribution >= 4 is 42.8 Å². The molecule has 6 heteroatoms. The largest absolute Gasteiger partial charge is 0.489 e. The molecule has 1 aromatic heterocycles. The topological polar surface area (TPSA) is 48.7 Å². The number of halogens is 2. The van der Waals surface area contributed by atoms with Gasteiger partial charge in [0.15, 0.2) is 5.43 Å². The SMILES string of the molecule is O=c1cc(-c2ccccc2)oc2cc(OCc3ccc(Br)cc3)cc(OCc3ccc(Br)cc3)c12. The Hall–Kier alpha value is -3.35. The molecule has 1 heterocycles. The third-order valence-electron chi connectivity index (χ3n) is 5.45. The molecule has 0 aliphatic rings. The number of hydrogen-bond donors (Lipinski definition) is 0. The molecule has 0 unspecified atom stereocenters. The van der Waals surface area contributed by atoms with Crippen LogP contribution in [0.15, 0.2) is 115 Å². The van der Waals surface area contributed by atoms with Crippen molar-refractivity contribution in [2.24, 2.45) is 0 Å². The summed E-state index contributed by atoms with van der Waals surface area (Å²) >= 11 is 6.90. The Morgan fingerprint density at radius 2 is 1.29 bits per heavy atom. The van der Waals surface area contributed by atoms with E-state index in [-0.39, 0.29) is 5.43 Å². The summed E-state index contributed by atoms with van der Waals surface area (Å²) in [5.74, 6) is 1.47. The molecule has 0 saturated heterocycles. The van der Waals surface area contributed by atoms with E-state index in [9.17, 15) is 4.79 Å². The maximum Gasteiger partial charge on any atom is 0.197 e. The molecular weight excluding hydrogens is 572 g/mol. The number of hydrogen-bond acceptors (Lipinski definition) is 4. The monoisotopic (exact) mass is 590 g/mol. The molecular formula is C29H20Br2O4. The third kappa shape index (κ3) is 5.66. The predicted molar refractivity (Wildman–Crippen MR) is 145 cm³/mol. The highest BCUT2D eigenvalue weighted by molar-refractivity contribution is 9.10. The molecule has 35 heavy (non-hydrogen) atoms. The van der Waals surface area contributed by atoms with E-state index in [0.29, 0.717) is 41.4 Å². The van der Waals surface area contributed by atoms with Gasteiger partial charge in [-0.15, -0.1) is 0 Å². The van der Waals surface area contributed by atoms with E-state index in [2.05, 4.69) is 31.9 Å². The van der Waals surface area contributed by atoms with Gasteiger partial charge in [-0.05, 0) is 35.4 Å². The summed E-state index contributed by atoms with van der Waals surface area (Å²) in [7, 11) is 0. The minimum atomic E-state index is -0.171. The average molecular weight is 592 g/mol. The molecule has 0 atom stereocenters. The molecule has 0 aliphatic carbocycles. The highest BCUT2D eigenvalue weighted by atomic mass is 79.9. The van der Waals surface area contributed by atoms with Crippen LogP contribution in [0.2, 0.25) is 0 Å². The first-order valence-corrected chi connectivity index (χ1v) is 12.6. The Labute approximate surface area is 219 Å². The third-order valence-corrected chi connectivity index (χ3v) is 6.51. The highest BCUT2D eigenvalue weighted by Crippen LogP contribution is 2.33. The van der Waals surface area contributed by atoms with E-state index >= 15 is 0 Å². The van der Waals surface area contributed by atoms with Gasteiger partial charge >= 0.3 is 0 Å². The summed E-state index contributed by atoms with van der Waals surface area (Å²) in [4.78, 5) is 13.2. The molecule has 4 nitrogen and oxygen atoms in total. The molecule has 0 radical (unpaired) electrons. The van der Waals surface area contributed by atoms with Gasteiger partial charge in [0.1, 0.15) is 41.4 Å². The van der Waals surface area contributed by atoms with Gasteiger partial charge in [-0.25, -0.2) is 0 Å². The molecule has 5 aromatic rings. The van der Waals surface area contributed by atoms with Gasteiger partial charge in [0.05, 0.1) is 0 Å². The van der Waals surface area contributed by atoms with Crippen LogP contribution in [0.25, 0.3) is 22.3 Å². The Kier molecular flexibility index (Phi) is 7.02. The lowest BCUT2D eigenvalue weighted by Gasteiger charge is -2.13. The van der Waals surface area contributed by atoms with E-state index in [1.807, 2.05) is 78.9 Å². The second kappa shape index (κ2) is 10.5. The number of benzene rings is 4. The minimum absolute atomic E-state index is 0.171. The normalized spacial score (nSPS) is 10.9. The first-order chi connectivity index (χ1) is 17.0. The zero-order valence-corrected chi connectivity index (χ0v) is 21.7. The van der Waals surface area contributed by atoms with Crippen LogP contribution in [-0.4, -0.2) is 0 Å². The fraction of sp³-hybridized carbons (Fsp3) is 0.0690. The van der Waals surface area contributed by atoms with Gasteiger partial charge in [0.2, 0.25) is 0 Å². The molecule has 4 aromatic carbocycles. The summed E-state index contributed by atoms with van der Waals surface area (Å²) in [5.41, 5.74) is 3.06. The smallest absolute Gasteiger partial charge is 0.197 e. The van der Waals surface area contributed by atoms with Gasteiger partial charge < -0.3 is 13.9 Å². The van der Waals surface area contributed by atoms with Crippen LogP contribution in [0.5, 0.6) is 11.5 Å². The van der Waals surface area contributed by atoms with E-state index in [1.54, 1.807) is 12.1 Å². The van der Waals surface area contributed by atoms with Crippen molar-refractivity contribution in [3.8, 4) is 22.8 Å². The van der Waals surface area contributed by atoms with Crippen molar-refractivity contribution in [1.82, 2.24) is 0 Å². The van der Waals surface area contributed by atoms with Gasteiger partial charge in [-0.2, -0.15) is 0 Å². The lowest BCUT2D eigenvalue weighted by atomic mass is 10.1. The van der Waals surface area contributed by atoms with Crippen LogP contribution >= 0.6 is 31.9 Å². The lowest BCUT2D eigenvalue weighted by Crippen LogP contribution is -2.06. The first kappa shape index (κ1) is 23.4. The van der Waals surface area contributed by atoms with E-state index in [0.717, 1.165) is 25.6 Å². The molecule has 0 saturated carbocycles. The van der Waals surface area contributed by atoms with Crippen LogP contribution in [0.3, 0.4) is 0 Å². The minimum Gasteiger partial charge on any atom is -0.489 e. The van der Waals surface area contributed by atoms with Gasteiger partial charge in [-0.1, -0.05) is 86.5 Å². The Morgan fingerprint density at radius 1 is 0.686 bits per heavy atom. The molecule has 0 aliphatic heterocycles. The summed E-state index contributed by atoms with van der Waals surface area (Å²) in [6.07, 6.45) is 0. The number of ether oxygens (including phenoxy) is 2. The molecule has 5 rings (SSSR count). The average Bonchev–Trinajstić information content (AvgIpc) is 2.88. The second-order valence-corrected chi connectivity index (χ2v) is 9.80. The molecule has 0 fully saturated rings. The predicted octanol–water partition coefficient (Wildman–Crippen LogP) is 8.14. The van der Waals surface area contributed by atoms with Gasteiger partial charge in [0.25, 0.3) is 0 Å². The van der Waals surface area contributed by atoms with Crippen LogP contribution in [0.4, 0.5) is 0 Å². The standard InChI is InChI=1S/C29H20Br2O4/c30-22-10-6-19(7-11-22)17-33-24-14-27(34-18-20-8-12-23(31)13-9-20)29-25(32)16-26(35-28(29)15-24)21-4-2-1-3-5-21/h1-16H,17-18H2. The van der Waals surface area contributed by atoms with Gasteiger partial charge in [0, 0.05) is 32.7 Å². The molecule has 0 amide bonds. The van der Waals surface area contributed by atoms with Crippen molar-refractivity contribution in [2.75, 3.05) is 0 Å². The highest BCUT2D eigenvalue weighted by Gasteiger charge is 2.15. The van der Waals surface area contributed by atoms with Crippen molar-refractivity contribution < 1.29 is 13.9 Å². The van der Waals surface area contributed by atoms with Crippen LogP contribution in [0, 0.1) is 0 Å². The number of fused-ring (bicyclic) bond motifs is 1. The second-order valence-electron chi connectivity index (χ2n) is 7.97. The molecule has 174 valence electrons. The van der Waals surface area contributed by atoms with Crippen molar-refractivity contribution in [2.45, 2.75) is 13.2 Å². The summed E-state index contributed by atoms with van der Waals surface area (Å²) in [6.45, 7) is 0.673. The first-order valence-electron chi connectivity index (χ1n) is 11.0. The zero-order chi connectivity index (χ0) is 24.2. The Balaban J connectivity index is 1.52. The molecule has 0 N–H and O–H groups in total. The van der Waals surface area contributed by atoms with Crippen LogP contribution in [-0.2, 0) is 13.2 Å². The molecule has 0 spiro atoms. The summed E-state index contributed by atoms with van der Waals surface area (Å²) < 4.78 is 20.4. The van der Waals surface area contributed by atoms with Crippen molar-refractivity contribution in [3.05, 3.63) is 127 Å². The zero-order valence-electron chi connectivity index (χ0n) is 18.5. The summed E-state index contributed by atoms with van der Waals surface area (Å²) in [5, 5.41) is 0.387. The van der Waals surface area contributed by atoms with E-state index in [1.165, 1.54) is 6.07 Å². The van der Waals surface area contributed by atoms with Crippen molar-refractivity contribution in [1.29, 1.82) is 0 Å². The maximum absolute atomic E-state index is 13.2. The van der Waals surface area contributed by atoms with Crippen LogP contribution in [0.1, 0.15) is 11.1 Å². The Bertz CT molecular complexity index is 1510. The Morgan fingerprint density at radius 3 is 1.91 bits per heavy atom. The van der Waals surface area contributed by atoms with Gasteiger partial charge in [-0.3, -0.25) is 4.79 Å². The van der Waals surface area contributed by atoms with Crippen molar-refractivity contribution in [3.63, 3.8) is 0 Å². The quantitative estimate of drug-likeness (QED) is 0.192. The van der Waals surface area contributed by atoms with Crippen LogP contribution < -0.4 is 14.9 Å². The fourth-order valence-corrected chi connectivity index (χ4v) is 4.19. The lowest BCUT2D eigenvalue weighted by molar-refractivity contribution is 0.292. The summed E-state index contributed by atoms with van der Waals surface area (Å²) in [6, 6.07) is 30.3. The van der Waals surface area contributed by atoms with E-state index < -0.39 is 0 Å².